The van der Waals surface area contributed by atoms with Gasteiger partial charge in [0.05, 0.1) is 0 Å². The molecule has 0 bridgehead atoms. The van der Waals surface area contributed by atoms with Crippen molar-refractivity contribution in [3.63, 3.8) is 0 Å². The first-order valence-corrected chi connectivity index (χ1v) is 11.5. The molecule has 5 heteroatoms. The summed E-state index contributed by atoms with van der Waals surface area (Å²) >= 11 is 0. The Morgan fingerprint density at radius 1 is 0.739 bits per heavy atom. The maximum Gasteiger partial charge on any atom is 0.401 e. The minimum atomic E-state index is -4.09. The Labute approximate surface area is 149 Å². The van der Waals surface area contributed by atoms with E-state index in [1.54, 1.807) is 0 Å². The predicted octanol–water partition coefficient (Wildman–Crippen LogP) is 8.26. The Kier molecular flexibility index (Phi) is 14.0. The van der Waals surface area contributed by atoms with Gasteiger partial charge in [0.2, 0.25) is 0 Å². The molecule has 0 fully saturated rings. The van der Waals surface area contributed by atoms with Gasteiger partial charge in [0.25, 0.3) is 0 Å². The summed E-state index contributed by atoms with van der Waals surface area (Å²) in [4.78, 5) is 0. The van der Waals surface area contributed by atoms with Crippen molar-refractivity contribution in [2.75, 3.05) is 0 Å². The van der Waals surface area contributed by atoms with Crippen molar-refractivity contribution >= 4 is 21.6 Å². The highest BCUT2D eigenvalue weighted by molar-refractivity contribution is 8.77. The van der Waals surface area contributed by atoms with Gasteiger partial charge < -0.3 is 0 Å². The van der Waals surface area contributed by atoms with Gasteiger partial charge in [0.1, 0.15) is 5.25 Å². The van der Waals surface area contributed by atoms with E-state index in [2.05, 4.69) is 13.8 Å². The van der Waals surface area contributed by atoms with Crippen molar-refractivity contribution in [3.05, 3.63) is 0 Å². The van der Waals surface area contributed by atoms with E-state index in [-0.39, 0.29) is 11.2 Å². The molecule has 0 saturated carbocycles. The topological polar surface area (TPSA) is 0 Å². The SMILES string of the molecule is CCCCCCC(CCCCCC)C(SSC(C)C)C(F)(F)F. The molecule has 0 radical (unpaired) electrons. The molecule has 0 N–H and O–H groups in total. The Bertz CT molecular complexity index is 255. The maximum atomic E-state index is 13.5. The minimum absolute atomic E-state index is 0.222. The second-order valence-corrected chi connectivity index (χ2v) is 9.65. The van der Waals surface area contributed by atoms with E-state index in [0.717, 1.165) is 75.0 Å². The van der Waals surface area contributed by atoms with E-state index in [9.17, 15) is 13.2 Å². The molecule has 0 saturated heterocycles. The summed E-state index contributed by atoms with van der Waals surface area (Å²) in [7, 11) is 2.44. The smallest absolute Gasteiger partial charge is 0.170 e. The zero-order chi connectivity index (χ0) is 17.7. The molecular weight excluding hydrogens is 337 g/mol. The van der Waals surface area contributed by atoms with Gasteiger partial charge >= 0.3 is 6.18 Å². The molecule has 0 aromatic rings. The van der Waals surface area contributed by atoms with Crippen LogP contribution in [0, 0.1) is 5.92 Å². The first kappa shape index (κ1) is 23.5. The third-order valence-electron chi connectivity index (χ3n) is 3.96. The standard InChI is InChI=1S/C18H35F3S2/c1-5-7-9-11-13-16(14-12-10-8-6-2)17(18(19,20)21)23-22-15(3)4/h15-17H,5-14H2,1-4H3. The number of alkyl halides is 3. The molecule has 23 heavy (non-hydrogen) atoms. The molecule has 0 aliphatic carbocycles. The third-order valence-corrected chi connectivity index (χ3v) is 7.42. The molecule has 0 amide bonds. The van der Waals surface area contributed by atoms with E-state index in [1.165, 1.54) is 10.8 Å². The van der Waals surface area contributed by atoms with Gasteiger partial charge in [-0.2, -0.15) is 13.2 Å². The Morgan fingerprint density at radius 2 is 1.22 bits per heavy atom. The van der Waals surface area contributed by atoms with Gasteiger partial charge in [0, 0.05) is 5.25 Å². The lowest BCUT2D eigenvalue weighted by Crippen LogP contribution is -2.33. The Morgan fingerprint density at radius 3 is 1.57 bits per heavy atom. The average Bonchev–Trinajstić information content (AvgIpc) is 2.45. The lowest BCUT2D eigenvalue weighted by molar-refractivity contribution is -0.138. The second kappa shape index (κ2) is 13.7. The van der Waals surface area contributed by atoms with Crippen molar-refractivity contribution in [1.82, 2.24) is 0 Å². The zero-order valence-corrected chi connectivity index (χ0v) is 16.9. The van der Waals surface area contributed by atoms with Gasteiger partial charge in [-0.25, -0.2) is 0 Å². The highest BCUT2D eigenvalue weighted by Crippen LogP contribution is 2.46. The zero-order valence-electron chi connectivity index (χ0n) is 15.3. The summed E-state index contributed by atoms with van der Waals surface area (Å²) in [6.45, 7) is 8.19. The monoisotopic (exact) mass is 372 g/mol. The first-order valence-electron chi connectivity index (χ1n) is 9.21. The van der Waals surface area contributed by atoms with Gasteiger partial charge in [0.15, 0.2) is 0 Å². The van der Waals surface area contributed by atoms with E-state index in [0.29, 0.717) is 0 Å². The molecule has 0 aliphatic rings. The third kappa shape index (κ3) is 12.5. The molecule has 140 valence electrons. The Balaban J connectivity index is 4.68. The second-order valence-electron chi connectivity index (χ2n) is 6.66. The highest BCUT2D eigenvalue weighted by Gasteiger charge is 2.44. The van der Waals surface area contributed by atoms with E-state index in [4.69, 9.17) is 0 Å². The number of halogens is 3. The van der Waals surface area contributed by atoms with Crippen molar-refractivity contribution in [3.8, 4) is 0 Å². The van der Waals surface area contributed by atoms with Gasteiger partial charge in [-0.3, -0.25) is 0 Å². The average molecular weight is 373 g/mol. The van der Waals surface area contributed by atoms with Crippen LogP contribution >= 0.6 is 21.6 Å². The molecule has 1 unspecified atom stereocenters. The molecular formula is C18H35F3S2. The fourth-order valence-electron chi connectivity index (χ4n) is 2.69. The van der Waals surface area contributed by atoms with Crippen LogP contribution in [-0.4, -0.2) is 16.7 Å². The molecule has 0 aromatic carbocycles. The summed E-state index contributed by atoms with van der Waals surface area (Å²) in [5.74, 6) is -0.222. The van der Waals surface area contributed by atoms with Crippen molar-refractivity contribution in [1.29, 1.82) is 0 Å². The summed E-state index contributed by atoms with van der Waals surface area (Å²) in [5, 5.41) is -0.983. The first-order chi connectivity index (χ1) is 10.8. The van der Waals surface area contributed by atoms with E-state index in [1.807, 2.05) is 13.8 Å². The number of rotatable bonds is 14. The lowest BCUT2D eigenvalue weighted by atomic mass is 9.91. The van der Waals surface area contributed by atoms with Crippen molar-refractivity contribution in [2.24, 2.45) is 5.92 Å². The number of unbranched alkanes of at least 4 members (excludes halogenated alkanes) is 6. The van der Waals surface area contributed by atoms with E-state index >= 15 is 0 Å². The Hall–Kier alpha value is 0.490. The number of hydrogen-bond donors (Lipinski definition) is 0. The quantitative estimate of drug-likeness (QED) is 0.222. The van der Waals surface area contributed by atoms with Crippen LogP contribution in [-0.2, 0) is 0 Å². The van der Waals surface area contributed by atoms with Gasteiger partial charge in [-0.05, 0) is 18.8 Å². The summed E-state index contributed by atoms with van der Waals surface area (Å²) in [5.41, 5.74) is 0. The van der Waals surface area contributed by atoms with Crippen LogP contribution in [0.15, 0.2) is 0 Å². The summed E-state index contributed by atoms with van der Waals surface area (Å²) in [6, 6.07) is 0. The van der Waals surface area contributed by atoms with Crippen LogP contribution in [0.3, 0.4) is 0 Å². The summed E-state index contributed by atoms with van der Waals surface area (Å²) < 4.78 is 40.6. The largest absolute Gasteiger partial charge is 0.401 e. The number of hydrogen-bond acceptors (Lipinski definition) is 2. The molecule has 0 rings (SSSR count). The molecule has 0 nitrogen and oxygen atoms in total. The van der Waals surface area contributed by atoms with Gasteiger partial charge in [-0.15, -0.1) is 0 Å². The fraction of sp³-hybridized carbons (Fsp3) is 1.00. The van der Waals surface area contributed by atoms with Crippen LogP contribution in [0.1, 0.15) is 91.9 Å². The van der Waals surface area contributed by atoms with Crippen LogP contribution in [0.2, 0.25) is 0 Å². The fourth-order valence-corrected chi connectivity index (χ4v) is 5.39. The van der Waals surface area contributed by atoms with Crippen LogP contribution in [0.25, 0.3) is 0 Å². The predicted molar refractivity (Wildman–Crippen MR) is 101 cm³/mol. The minimum Gasteiger partial charge on any atom is -0.170 e. The highest BCUT2D eigenvalue weighted by atomic mass is 33.1. The van der Waals surface area contributed by atoms with Crippen LogP contribution in [0.4, 0.5) is 13.2 Å². The van der Waals surface area contributed by atoms with Crippen molar-refractivity contribution < 1.29 is 13.2 Å². The normalized spacial score (nSPS) is 14.0. The molecule has 0 aliphatic heterocycles. The lowest BCUT2D eigenvalue weighted by Gasteiger charge is -2.29. The van der Waals surface area contributed by atoms with Gasteiger partial charge in [-0.1, -0.05) is 101 Å². The molecule has 1 atom stereocenters. The molecule has 0 spiro atoms. The maximum absolute atomic E-state index is 13.5. The summed E-state index contributed by atoms with van der Waals surface area (Å²) in [6.07, 6.45) is 5.88. The van der Waals surface area contributed by atoms with Crippen LogP contribution in [0.5, 0.6) is 0 Å². The van der Waals surface area contributed by atoms with E-state index < -0.39 is 11.4 Å². The van der Waals surface area contributed by atoms with Crippen LogP contribution < -0.4 is 0 Å². The molecule has 0 heterocycles. The van der Waals surface area contributed by atoms with Crippen molar-refractivity contribution in [2.45, 2.75) is 109 Å². The molecule has 0 aromatic heterocycles.